The van der Waals surface area contributed by atoms with Crippen molar-refractivity contribution in [3.63, 3.8) is 0 Å². The zero-order valence-electron chi connectivity index (χ0n) is 18.9. The predicted octanol–water partition coefficient (Wildman–Crippen LogP) is 4.22. The number of anilines is 2. The fourth-order valence-electron chi connectivity index (χ4n) is 4.53. The van der Waals surface area contributed by atoms with E-state index in [4.69, 9.17) is 9.57 Å². The van der Waals surface area contributed by atoms with E-state index in [9.17, 15) is 14.4 Å². The van der Waals surface area contributed by atoms with Crippen LogP contribution in [0.2, 0.25) is 0 Å². The van der Waals surface area contributed by atoms with Crippen LogP contribution in [0.25, 0.3) is 0 Å². The number of para-hydroxylation sites is 1. The Morgan fingerprint density at radius 2 is 1.56 bits per heavy atom. The normalized spacial score (nSPS) is 21.6. The maximum Gasteiger partial charge on any atom is 0.338 e. The molecule has 2 amide bonds. The molecule has 0 aliphatic carbocycles. The fourth-order valence-corrected chi connectivity index (χ4v) is 4.53. The summed E-state index contributed by atoms with van der Waals surface area (Å²) in [6.45, 7) is 4.00. The zero-order chi connectivity index (χ0) is 23.8. The number of rotatable bonds is 5. The third-order valence-corrected chi connectivity index (χ3v) is 6.18. The van der Waals surface area contributed by atoms with Crippen molar-refractivity contribution in [1.29, 1.82) is 0 Å². The molecule has 3 aromatic rings. The van der Waals surface area contributed by atoms with E-state index in [-0.39, 0.29) is 12.5 Å². The summed E-state index contributed by atoms with van der Waals surface area (Å²) in [4.78, 5) is 46.3. The van der Waals surface area contributed by atoms with Crippen molar-refractivity contribution in [3.05, 3.63) is 95.6 Å². The lowest BCUT2D eigenvalue weighted by Crippen LogP contribution is -2.37. The third-order valence-electron chi connectivity index (χ3n) is 6.18. The first-order valence-corrected chi connectivity index (χ1v) is 11.2. The smallest absolute Gasteiger partial charge is 0.338 e. The molecular weight excluding hydrogens is 432 g/mol. The molecule has 0 saturated carbocycles. The van der Waals surface area contributed by atoms with Gasteiger partial charge >= 0.3 is 5.97 Å². The number of imide groups is 1. The molecule has 0 radical (unpaired) electrons. The van der Waals surface area contributed by atoms with Gasteiger partial charge in [-0.1, -0.05) is 48.0 Å². The molecular formula is C27H24N2O5. The zero-order valence-corrected chi connectivity index (χ0v) is 18.9. The van der Waals surface area contributed by atoms with Gasteiger partial charge in [0.1, 0.15) is 5.92 Å². The number of hydroxylamine groups is 1. The maximum absolute atomic E-state index is 13.7. The molecule has 34 heavy (non-hydrogen) atoms. The van der Waals surface area contributed by atoms with Crippen LogP contribution in [0.4, 0.5) is 11.4 Å². The Bertz CT molecular complexity index is 1220. The Labute approximate surface area is 197 Å². The fraction of sp³-hybridized carbons (Fsp3) is 0.222. The molecule has 7 heteroatoms. The largest absolute Gasteiger partial charge is 0.462 e. The number of esters is 1. The first-order valence-electron chi connectivity index (χ1n) is 11.2. The third kappa shape index (κ3) is 3.64. The maximum atomic E-state index is 13.7. The lowest BCUT2D eigenvalue weighted by atomic mass is 9.90. The molecule has 0 unspecified atom stereocenters. The molecule has 2 fully saturated rings. The van der Waals surface area contributed by atoms with E-state index >= 15 is 0 Å². The van der Waals surface area contributed by atoms with Crippen LogP contribution in [-0.2, 0) is 19.2 Å². The first-order chi connectivity index (χ1) is 16.5. The second-order valence-corrected chi connectivity index (χ2v) is 8.35. The van der Waals surface area contributed by atoms with Crippen molar-refractivity contribution in [3.8, 4) is 0 Å². The van der Waals surface area contributed by atoms with Crippen molar-refractivity contribution in [2.75, 3.05) is 16.6 Å². The number of amides is 2. The molecule has 3 aromatic carbocycles. The van der Waals surface area contributed by atoms with Crippen molar-refractivity contribution in [2.24, 2.45) is 5.92 Å². The molecule has 2 aliphatic rings. The SMILES string of the molecule is CCOC(=O)c1ccc(N2C(=O)[C@@H]3[C@H](ON(c4ccccc4)[C@@H]3c3ccc(C)cc3)C2=O)cc1. The molecule has 0 aromatic heterocycles. The molecule has 0 N–H and O–H groups in total. The minimum Gasteiger partial charge on any atom is -0.462 e. The van der Waals surface area contributed by atoms with Crippen LogP contribution in [0.1, 0.15) is 34.5 Å². The molecule has 2 heterocycles. The Morgan fingerprint density at radius 1 is 0.882 bits per heavy atom. The summed E-state index contributed by atoms with van der Waals surface area (Å²) >= 11 is 0. The monoisotopic (exact) mass is 456 g/mol. The Balaban J connectivity index is 1.50. The lowest BCUT2D eigenvalue weighted by molar-refractivity contribution is -0.126. The van der Waals surface area contributed by atoms with Crippen LogP contribution in [0, 0.1) is 12.8 Å². The summed E-state index contributed by atoms with van der Waals surface area (Å²) in [5, 5.41) is 1.68. The molecule has 3 atom stereocenters. The van der Waals surface area contributed by atoms with Crippen molar-refractivity contribution >= 4 is 29.2 Å². The second kappa shape index (κ2) is 8.76. The molecule has 0 spiro atoms. The van der Waals surface area contributed by atoms with Gasteiger partial charge in [0.15, 0.2) is 6.10 Å². The quantitative estimate of drug-likeness (QED) is 0.423. The number of fused-ring (bicyclic) bond motifs is 1. The van der Waals surface area contributed by atoms with E-state index in [1.54, 1.807) is 36.3 Å². The van der Waals surface area contributed by atoms with Crippen molar-refractivity contribution < 1.29 is 24.0 Å². The van der Waals surface area contributed by atoms with Gasteiger partial charge < -0.3 is 4.74 Å². The van der Waals surface area contributed by atoms with E-state index in [0.717, 1.165) is 21.7 Å². The van der Waals surface area contributed by atoms with Gasteiger partial charge in [0.2, 0.25) is 5.91 Å². The highest BCUT2D eigenvalue weighted by Gasteiger charge is 2.60. The molecule has 2 aliphatic heterocycles. The average molecular weight is 456 g/mol. The predicted molar refractivity (Wildman–Crippen MR) is 126 cm³/mol. The standard InChI is InChI=1S/C27H24N2O5/c1-3-33-27(32)19-13-15-20(16-14-19)28-25(30)22-23(18-11-9-17(2)10-12-18)29(34-24(22)26(28)31)21-7-5-4-6-8-21/h4-16,22-24H,3H2,1-2H3/t22-,23+,24-/m0/s1. The van der Waals surface area contributed by atoms with Crippen molar-refractivity contribution in [2.45, 2.75) is 26.0 Å². The van der Waals surface area contributed by atoms with Gasteiger partial charge in [0.25, 0.3) is 5.91 Å². The van der Waals surface area contributed by atoms with Crippen LogP contribution in [0.15, 0.2) is 78.9 Å². The molecule has 172 valence electrons. The van der Waals surface area contributed by atoms with Crippen LogP contribution >= 0.6 is 0 Å². The van der Waals surface area contributed by atoms with E-state index in [2.05, 4.69) is 0 Å². The highest BCUT2D eigenvalue weighted by molar-refractivity contribution is 6.24. The molecule has 7 nitrogen and oxygen atoms in total. The number of carbonyl (C=O) groups excluding carboxylic acids is 3. The Morgan fingerprint density at radius 3 is 2.21 bits per heavy atom. The highest BCUT2D eigenvalue weighted by Crippen LogP contribution is 2.47. The topological polar surface area (TPSA) is 76.2 Å². The second-order valence-electron chi connectivity index (χ2n) is 8.35. The van der Waals surface area contributed by atoms with Gasteiger partial charge in [-0.2, -0.15) is 0 Å². The Kier molecular flexibility index (Phi) is 5.63. The minimum atomic E-state index is -0.941. The van der Waals surface area contributed by atoms with Gasteiger partial charge in [-0.25, -0.2) is 14.8 Å². The molecule has 0 bridgehead atoms. The summed E-state index contributed by atoms with van der Waals surface area (Å²) in [7, 11) is 0. The van der Waals surface area contributed by atoms with Crippen LogP contribution in [0.3, 0.4) is 0 Å². The lowest BCUT2D eigenvalue weighted by Gasteiger charge is -2.28. The molecule has 5 rings (SSSR count). The minimum absolute atomic E-state index is 0.267. The van der Waals surface area contributed by atoms with Crippen LogP contribution in [-0.4, -0.2) is 30.5 Å². The van der Waals surface area contributed by atoms with E-state index < -0.39 is 29.9 Å². The van der Waals surface area contributed by atoms with E-state index in [0.29, 0.717) is 11.3 Å². The summed E-state index contributed by atoms with van der Waals surface area (Å²) in [6.07, 6.45) is -0.941. The number of benzene rings is 3. The van der Waals surface area contributed by atoms with Crippen LogP contribution in [0.5, 0.6) is 0 Å². The number of aryl methyl sites for hydroxylation is 1. The average Bonchev–Trinajstić information content (AvgIpc) is 3.36. The van der Waals surface area contributed by atoms with E-state index in [1.165, 1.54) is 0 Å². The van der Waals surface area contributed by atoms with Gasteiger partial charge in [0.05, 0.1) is 29.6 Å². The summed E-state index contributed by atoms with van der Waals surface area (Å²) in [5.74, 6) is -1.91. The number of ether oxygens (including phenoxy) is 1. The number of hydrogen-bond acceptors (Lipinski definition) is 6. The molecule has 2 saturated heterocycles. The summed E-state index contributed by atoms with van der Waals surface area (Å²) in [5.41, 5.74) is 3.52. The summed E-state index contributed by atoms with van der Waals surface area (Å²) < 4.78 is 5.01. The van der Waals surface area contributed by atoms with Crippen molar-refractivity contribution in [1.82, 2.24) is 0 Å². The number of hydrogen-bond donors (Lipinski definition) is 0. The van der Waals surface area contributed by atoms with Gasteiger partial charge in [-0.05, 0) is 55.8 Å². The Hall–Kier alpha value is -3.97. The van der Waals surface area contributed by atoms with Crippen LogP contribution < -0.4 is 9.96 Å². The van der Waals surface area contributed by atoms with Gasteiger partial charge in [-0.3, -0.25) is 14.4 Å². The first kappa shape index (κ1) is 21.9. The highest BCUT2D eigenvalue weighted by atomic mass is 16.7. The van der Waals surface area contributed by atoms with Gasteiger partial charge in [0, 0.05) is 0 Å². The number of nitrogens with zero attached hydrogens (tertiary/aromatic N) is 2. The summed E-state index contributed by atoms with van der Waals surface area (Å²) in [6, 6.07) is 23.2. The van der Waals surface area contributed by atoms with Gasteiger partial charge in [-0.15, -0.1) is 0 Å². The number of carbonyl (C=O) groups is 3. The van der Waals surface area contributed by atoms with E-state index in [1.807, 2.05) is 61.5 Å².